The molecule has 1 atom stereocenters. The molecule has 0 aromatic heterocycles. The Morgan fingerprint density at radius 3 is 2.76 bits per heavy atom. The predicted octanol–water partition coefficient (Wildman–Crippen LogP) is 3.97. The van der Waals surface area contributed by atoms with E-state index in [2.05, 4.69) is 0 Å². The van der Waals surface area contributed by atoms with Gasteiger partial charge >= 0.3 is 5.97 Å². The second-order valence-corrected chi connectivity index (χ2v) is 5.41. The Kier molecular flexibility index (Phi) is 3.16. The lowest BCUT2D eigenvalue weighted by Crippen LogP contribution is -2.33. The molecule has 0 spiro atoms. The van der Waals surface area contributed by atoms with Gasteiger partial charge in [0.1, 0.15) is 17.2 Å². The molecule has 108 valence electrons. The Labute approximate surface area is 122 Å². The Morgan fingerprint density at radius 1 is 1.24 bits per heavy atom. The SMILES string of the molecule is CC1(CCC(=O)O)Oc2ccc(F)cc2-c2ccccc21. The molecule has 1 aliphatic heterocycles. The van der Waals surface area contributed by atoms with Crippen molar-refractivity contribution in [3.05, 3.63) is 53.8 Å². The third-order valence-corrected chi connectivity index (χ3v) is 3.88. The molecule has 0 bridgehead atoms. The van der Waals surface area contributed by atoms with Crippen LogP contribution < -0.4 is 4.74 Å². The monoisotopic (exact) mass is 286 g/mol. The Hall–Kier alpha value is -2.36. The highest BCUT2D eigenvalue weighted by Crippen LogP contribution is 2.47. The molecule has 1 aliphatic rings. The molecule has 0 fully saturated rings. The first-order chi connectivity index (χ1) is 9.99. The lowest BCUT2D eigenvalue weighted by atomic mass is 9.82. The molecule has 0 radical (unpaired) electrons. The molecule has 3 nitrogen and oxygen atoms in total. The van der Waals surface area contributed by atoms with Gasteiger partial charge in [-0.2, -0.15) is 0 Å². The average Bonchev–Trinajstić information content (AvgIpc) is 2.47. The summed E-state index contributed by atoms with van der Waals surface area (Å²) >= 11 is 0. The minimum Gasteiger partial charge on any atom is -0.482 e. The molecule has 0 saturated carbocycles. The Morgan fingerprint density at radius 2 is 2.00 bits per heavy atom. The van der Waals surface area contributed by atoms with E-state index in [4.69, 9.17) is 9.84 Å². The molecule has 0 aliphatic carbocycles. The van der Waals surface area contributed by atoms with Crippen LogP contribution in [0.1, 0.15) is 25.3 Å². The number of benzene rings is 2. The van der Waals surface area contributed by atoms with E-state index in [1.165, 1.54) is 12.1 Å². The van der Waals surface area contributed by atoms with Crippen LogP contribution in [0.4, 0.5) is 4.39 Å². The van der Waals surface area contributed by atoms with Gasteiger partial charge in [-0.05, 0) is 30.7 Å². The summed E-state index contributed by atoms with van der Waals surface area (Å²) in [6.07, 6.45) is 0.373. The number of carboxylic acids is 1. The van der Waals surface area contributed by atoms with E-state index >= 15 is 0 Å². The summed E-state index contributed by atoms with van der Waals surface area (Å²) in [6, 6.07) is 12.0. The van der Waals surface area contributed by atoms with Crippen LogP contribution in [-0.2, 0) is 10.4 Å². The molecule has 21 heavy (non-hydrogen) atoms. The number of ether oxygens (including phenoxy) is 1. The van der Waals surface area contributed by atoms with Crippen molar-refractivity contribution in [1.82, 2.24) is 0 Å². The zero-order valence-electron chi connectivity index (χ0n) is 11.6. The van der Waals surface area contributed by atoms with E-state index < -0.39 is 11.6 Å². The molecule has 0 amide bonds. The zero-order chi connectivity index (χ0) is 15.0. The summed E-state index contributed by atoms with van der Waals surface area (Å²) in [7, 11) is 0. The number of carboxylic acid groups (broad SMARTS) is 1. The maximum atomic E-state index is 13.5. The topological polar surface area (TPSA) is 46.5 Å². The van der Waals surface area contributed by atoms with Gasteiger partial charge in [-0.1, -0.05) is 24.3 Å². The summed E-state index contributed by atoms with van der Waals surface area (Å²) in [5.41, 5.74) is 1.77. The highest BCUT2D eigenvalue weighted by Gasteiger charge is 2.36. The van der Waals surface area contributed by atoms with Crippen LogP contribution in [0.2, 0.25) is 0 Å². The number of hydrogen-bond donors (Lipinski definition) is 1. The minimum absolute atomic E-state index is 0.0152. The fourth-order valence-electron chi connectivity index (χ4n) is 2.81. The van der Waals surface area contributed by atoms with E-state index in [1.807, 2.05) is 31.2 Å². The molecule has 2 aromatic rings. The van der Waals surface area contributed by atoms with E-state index in [-0.39, 0.29) is 12.2 Å². The summed E-state index contributed by atoms with van der Waals surface area (Å²) in [6.45, 7) is 1.88. The van der Waals surface area contributed by atoms with Crippen LogP contribution >= 0.6 is 0 Å². The number of hydrogen-bond acceptors (Lipinski definition) is 2. The molecule has 3 rings (SSSR count). The van der Waals surface area contributed by atoms with Crippen LogP contribution in [-0.4, -0.2) is 11.1 Å². The molecule has 1 heterocycles. The van der Waals surface area contributed by atoms with Gasteiger partial charge in [-0.25, -0.2) is 4.39 Å². The van der Waals surface area contributed by atoms with Crippen LogP contribution in [0.15, 0.2) is 42.5 Å². The third kappa shape index (κ3) is 2.37. The molecule has 1 N–H and O–H groups in total. The summed E-state index contributed by atoms with van der Waals surface area (Å²) < 4.78 is 19.5. The molecular weight excluding hydrogens is 271 g/mol. The highest BCUT2D eigenvalue weighted by atomic mass is 19.1. The second-order valence-electron chi connectivity index (χ2n) is 5.41. The van der Waals surface area contributed by atoms with Gasteiger partial charge in [0, 0.05) is 24.0 Å². The van der Waals surface area contributed by atoms with Gasteiger partial charge in [0.25, 0.3) is 0 Å². The van der Waals surface area contributed by atoms with Crippen molar-refractivity contribution in [3.63, 3.8) is 0 Å². The second kappa shape index (κ2) is 4.88. The van der Waals surface area contributed by atoms with E-state index in [9.17, 15) is 9.18 Å². The van der Waals surface area contributed by atoms with E-state index in [0.717, 1.165) is 11.1 Å². The molecule has 0 saturated heterocycles. The maximum absolute atomic E-state index is 13.5. The van der Waals surface area contributed by atoms with Gasteiger partial charge < -0.3 is 9.84 Å². The van der Waals surface area contributed by atoms with Crippen molar-refractivity contribution in [2.75, 3.05) is 0 Å². The number of aliphatic carboxylic acids is 1. The lowest BCUT2D eigenvalue weighted by Gasteiger charge is -2.37. The normalized spacial score (nSPS) is 19.3. The first-order valence-electron chi connectivity index (χ1n) is 6.80. The molecular formula is C17H15FO3. The van der Waals surface area contributed by atoms with Crippen molar-refractivity contribution in [2.24, 2.45) is 0 Å². The number of halogens is 1. The average molecular weight is 286 g/mol. The van der Waals surface area contributed by atoms with Gasteiger partial charge in [-0.15, -0.1) is 0 Å². The quantitative estimate of drug-likeness (QED) is 0.928. The summed E-state index contributed by atoms with van der Waals surface area (Å²) in [4.78, 5) is 10.9. The van der Waals surface area contributed by atoms with Crippen molar-refractivity contribution in [1.29, 1.82) is 0 Å². The molecule has 1 unspecified atom stereocenters. The molecule has 2 aromatic carbocycles. The lowest BCUT2D eigenvalue weighted by molar-refractivity contribution is -0.138. The third-order valence-electron chi connectivity index (χ3n) is 3.88. The van der Waals surface area contributed by atoms with E-state index in [0.29, 0.717) is 17.7 Å². The molecule has 4 heteroatoms. The zero-order valence-corrected chi connectivity index (χ0v) is 11.6. The fraction of sp³-hybridized carbons (Fsp3) is 0.235. The largest absolute Gasteiger partial charge is 0.482 e. The minimum atomic E-state index is -0.859. The Balaban J connectivity index is 2.12. The maximum Gasteiger partial charge on any atom is 0.303 e. The number of fused-ring (bicyclic) bond motifs is 3. The standard InChI is InChI=1S/C17H15FO3/c1-17(9-8-16(19)20)14-5-3-2-4-12(14)13-10-11(18)6-7-15(13)21-17/h2-7,10H,8-9H2,1H3,(H,19,20). The van der Waals surface area contributed by atoms with Gasteiger partial charge in [0.2, 0.25) is 0 Å². The summed E-state index contributed by atoms with van der Waals surface area (Å²) in [5, 5.41) is 8.93. The number of rotatable bonds is 3. The van der Waals surface area contributed by atoms with Gasteiger partial charge in [0.15, 0.2) is 0 Å². The fourth-order valence-corrected chi connectivity index (χ4v) is 2.81. The highest BCUT2D eigenvalue weighted by molar-refractivity contribution is 5.76. The van der Waals surface area contributed by atoms with Crippen LogP contribution in [0, 0.1) is 5.82 Å². The van der Waals surface area contributed by atoms with Gasteiger partial charge in [0.05, 0.1) is 0 Å². The van der Waals surface area contributed by atoms with Gasteiger partial charge in [-0.3, -0.25) is 4.79 Å². The van der Waals surface area contributed by atoms with Crippen molar-refractivity contribution in [3.8, 4) is 16.9 Å². The first-order valence-corrected chi connectivity index (χ1v) is 6.80. The smallest absolute Gasteiger partial charge is 0.303 e. The van der Waals surface area contributed by atoms with Crippen molar-refractivity contribution in [2.45, 2.75) is 25.4 Å². The van der Waals surface area contributed by atoms with Crippen LogP contribution in [0.5, 0.6) is 5.75 Å². The van der Waals surface area contributed by atoms with Crippen molar-refractivity contribution >= 4 is 5.97 Å². The van der Waals surface area contributed by atoms with Crippen LogP contribution in [0.3, 0.4) is 0 Å². The predicted molar refractivity (Wildman–Crippen MR) is 76.7 cm³/mol. The van der Waals surface area contributed by atoms with Crippen molar-refractivity contribution < 1.29 is 19.0 Å². The summed E-state index contributed by atoms with van der Waals surface area (Å²) in [5.74, 6) is -0.591. The number of carbonyl (C=O) groups is 1. The van der Waals surface area contributed by atoms with Crippen LogP contribution in [0.25, 0.3) is 11.1 Å². The first kappa shape index (κ1) is 13.6. The van der Waals surface area contributed by atoms with E-state index in [1.54, 1.807) is 6.07 Å². The Bertz CT molecular complexity index is 711.